The molecule has 3 aliphatic carbocycles. The van der Waals surface area contributed by atoms with E-state index in [9.17, 15) is 4.79 Å². The largest absolute Gasteiger partial charge is 0.295 e. The third-order valence-corrected chi connectivity index (χ3v) is 8.22. The Morgan fingerprint density at radius 2 is 1.39 bits per heavy atom. The van der Waals surface area contributed by atoms with E-state index in [4.69, 9.17) is 0 Å². The fourth-order valence-electron chi connectivity index (χ4n) is 4.60. The minimum atomic E-state index is 0.163. The number of hydrogen-bond acceptors (Lipinski definition) is 1. The number of carbonyl (C=O) groups is 1. The second-order valence-corrected chi connectivity index (χ2v) is 9.25. The highest BCUT2D eigenvalue weighted by atomic mass is 79.9. The number of halogens is 1. The van der Waals surface area contributed by atoms with Gasteiger partial charge in [0.1, 0.15) is 0 Å². The summed E-state index contributed by atoms with van der Waals surface area (Å²) in [5, 5.41) is 0. The first kappa shape index (κ1) is 21.0. The van der Waals surface area contributed by atoms with E-state index < -0.39 is 0 Å². The van der Waals surface area contributed by atoms with Gasteiger partial charge in [-0.05, 0) is 136 Å². The molecular formula is C26H31BrO. The van der Waals surface area contributed by atoms with Gasteiger partial charge in [-0.3, -0.25) is 4.79 Å². The van der Waals surface area contributed by atoms with Crippen LogP contribution in [-0.2, 0) is 4.79 Å². The first-order chi connectivity index (χ1) is 13.1. The number of Topliss-reactive ketones (excluding diaryl/α,β-unsaturated/α-hetero) is 1. The normalized spacial score (nSPS) is 21.5. The molecular weight excluding hydrogens is 408 g/mol. The number of ketones is 1. The van der Waals surface area contributed by atoms with Crippen LogP contribution in [0.25, 0.3) is 0 Å². The topological polar surface area (TPSA) is 17.1 Å². The van der Waals surface area contributed by atoms with Gasteiger partial charge in [-0.2, -0.15) is 0 Å². The van der Waals surface area contributed by atoms with E-state index >= 15 is 0 Å². The van der Waals surface area contributed by atoms with Gasteiger partial charge in [0, 0.05) is 4.48 Å². The number of carbonyl (C=O) groups excluding carboxylic acids is 1. The van der Waals surface area contributed by atoms with E-state index in [1.54, 1.807) is 6.92 Å². The van der Waals surface area contributed by atoms with Crippen molar-refractivity contribution in [3.63, 3.8) is 0 Å². The highest BCUT2D eigenvalue weighted by molar-refractivity contribution is 9.12. The van der Waals surface area contributed by atoms with Gasteiger partial charge < -0.3 is 0 Å². The molecule has 0 aromatic heterocycles. The molecule has 0 aromatic carbocycles. The molecule has 3 aliphatic rings. The predicted octanol–water partition coefficient (Wildman–Crippen LogP) is 7.98. The summed E-state index contributed by atoms with van der Waals surface area (Å²) in [6.45, 7) is 16.9. The van der Waals surface area contributed by atoms with Crippen LogP contribution in [0.3, 0.4) is 0 Å². The summed E-state index contributed by atoms with van der Waals surface area (Å²) in [6, 6.07) is 0. The van der Waals surface area contributed by atoms with Crippen LogP contribution in [0.4, 0.5) is 0 Å². The van der Waals surface area contributed by atoms with Crippen molar-refractivity contribution in [3.05, 3.63) is 77.4 Å². The second kappa shape index (κ2) is 7.63. The lowest BCUT2D eigenvalue weighted by Gasteiger charge is -2.13. The average molecular weight is 439 g/mol. The van der Waals surface area contributed by atoms with Crippen LogP contribution >= 0.6 is 15.9 Å². The maximum Gasteiger partial charge on any atom is 0.155 e. The van der Waals surface area contributed by atoms with E-state index in [0.29, 0.717) is 0 Å². The van der Waals surface area contributed by atoms with Gasteiger partial charge in [0.15, 0.2) is 5.78 Å². The van der Waals surface area contributed by atoms with E-state index in [2.05, 4.69) is 63.5 Å². The van der Waals surface area contributed by atoms with Crippen molar-refractivity contribution in [1.82, 2.24) is 0 Å². The monoisotopic (exact) mass is 438 g/mol. The molecule has 28 heavy (non-hydrogen) atoms. The number of hydrogen-bond donors (Lipinski definition) is 0. The Morgan fingerprint density at radius 3 is 1.93 bits per heavy atom. The lowest BCUT2D eigenvalue weighted by atomic mass is 9.92. The molecule has 0 aliphatic heterocycles. The summed E-state index contributed by atoms with van der Waals surface area (Å²) >= 11 is 3.92. The molecule has 0 bridgehead atoms. The molecule has 0 saturated carbocycles. The van der Waals surface area contributed by atoms with Crippen molar-refractivity contribution >= 4 is 21.7 Å². The van der Waals surface area contributed by atoms with Gasteiger partial charge >= 0.3 is 0 Å². The molecule has 2 heteroatoms. The van der Waals surface area contributed by atoms with Crippen LogP contribution in [0.2, 0.25) is 0 Å². The standard InChI is InChI=1S/C26H31BrO/c1-13-9-10-21(14(13)2)24-12-25(26(27)19(24)7)23-11-22(17(5)18(23)6)16(4)15(3)20(8)28/h9H,10-12H2,1-8H3/b16-15+. The van der Waals surface area contributed by atoms with E-state index in [-0.39, 0.29) is 5.78 Å². The molecule has 148 valence electrons. The maximum absolute atomic E-state index is 11.9. The van der Waals surface area contributed by atoms with E-state index in [0.717, 1.165) is 30.4 Å². The molecule has 0 amide bonds. The summed E-state index contributed by atoms with van der Waals surface area (Å²) < 4.78 is 1.26. The van der Waals surface area contributed by atoms with Gasteiger partial charge in [-0.15, -0.1) is 0 Å². The highest BCUT2D eigenvalue weighted by Crippen LogP contribution is 2.50. The SMILES string of the molecule is CC(=O)/C(C)=C(\C)C1=C(C)C(C)=C(C2=C(Br)C(C)=C(C3=C(C)C(C)=CC3)C2)C1. The highest BCUT2D eigenvalue weighted by Gasteiger charge is 2.31. The summed E-state index contributed by atoms with van der Waals surface area (Å²) in [6.07, 6.45) is 5.33. The van der Waals surface area contributed by atoms with Crippen LogP contribution in [0, 0.1) is 0 Å². The van der Waals surface area contributed by atoms with Gasteiger partial charge in [0.25, 0.3) is 0 Å². The van der Waals surface area contributed by atoms with Crippen LogP contribution in [0.5, 0.6) is 0 Å². The van der Waals surface area contributed by atoms with Crippen molar-refractivity contribution < 1.29 is 4.79 Å². The molecule has 0 radical (unpaired) electrons. The Kier molecular flexibility index (Phi) is 5.74. The van der Waals surface area contributed by atoms with Crippen molar-refractivity contribution in [2.45, 2.75) is 74.7 Å². The quantitative estimate of drug-likeness (QED) is 0.406. The molecule has 3 rings (SSSR count). The minimum absolute atomic E-state index is 0.163. The fourth-order valence-corrected chi connectivity index (χ4v) is 5.22. The Balaban J connectivity index is 1.94. The first-order valence-corrected chi connectivity index (χ1v) is 10.9. The van der Waals surface area contributed by atoms with Gasteiger partial charge in [0.05, 0.1) is 0 Å². The van der Waals surface area contributed by atoms with Crippen molar-refractivity contribution in [2.75, 3.05) is 0 Å². The van der Waals surface area contributed by atoms with Gasteiger partial charge in [0.2, 0.25) is 0 Å². The van der Waals surface area contributed by atoms with Crippen molar-refractivity contribution in [1.29, 1.82) is 0 Å². The summed E-state index contributed by atoms with van der Waals surface area (Å²) in [4.78, 5) is 11.9. The van der Waals surface area contributed by atoms with E-state index in [1.165, 1.54) is 60.2 Å². The Morgan fingerprint density at radius 1 is 0.786 bits per heavy atom. The molecule has 0 aromatic rings. The summed E-state index contributed by atoms with van der Waals surface area (Å²) in [5.74, 6) is 0.163. The molecule has 0 heterocycles. The Hall–Kier alpha value is -1.67. The molecule has 0 fully saturated rings. The van der Waals surface area contributed by atoms with Crippen LogP contribution in [-0.4, -0.2) is 5.78 Å². The maximum atomic E-state index is 11.9. The van der Waals surface area contributed by atoms with E-state index in [1.807, 2.05) is 6.92 Å². The Labute approximate surface area is 178 Å². The van der Waals surface area contributed by atoms with Crippen LogP contribution in [0.1, 0.15) is 74.7 Å². The molecule has 1 nitrogen and oxygen atoms in total. The Bertz CT molecular complexity index is 957. The summed E-state index contributed by atoms with van der Waals surface area (Å²) in [5.41, 5.74) is 16.2. The van der Waals surface area contributed by atoms with Crippen LogP contribution in [0.15, 0.2) is 77.4 Å². The second-order valence-electron chi connectivity index (χ2n) is 8.46. The fraction of sp³-hybridized carbons (Fsp3) is 0.423. The smallest absolute Gasteiger partial charge is 0.155 e. The third kappa shape index (κ3) is 3.30. The zero-order chi connectivity index (χ0) is 20.9. The van der Waals surface area contributed by atoms with Gasteiger partial charge in [-0.1, -0.05) is 27.6 Å². The third-order valence-electron chi connectivity index (χ3n) is 7.15. The molecule has 0 atom stereocenters. The zero-order valence-corrected chi connectivity index (χ0v) is 20.1. The lowest BCUT2D eigenvalue weighted by molar-refractivity contribution is -0.113. The first-order valence-electron chi connectivity index (χ1n) is 10.1. The minimum Gasteiger partial charge on any atom is -0.295 e. The average Bonchev–Trinajstić information content (AvgIpc) is 3.24. The number of allylic oxidation sites excluding steroid dienone is 14. The van der Waals surface area contributed by atoms with Crippen molar-refractivity contribution in [3.8, 4) is 0 Å². The number of rotatable bonds is 4. The zero-order valence-electron chi connectivity index (χ0n) is 18.5. The molecule has 0 saturated heterocycles. The summed E-state index contributed by atoms with van der Waals surface area (Å²) in [7, 11) is 0. The van der Waals surface area contributed by atoms with Crippen molar-refractivity contribution in [2.24, 2.45) is 0 Å². The molecule has 0 N–H and O–H groups in total. The molecule has 0 unspecified atom stereocenters. The van der Waals surface area contributed by atoms with Crippen LogP contribution < -0.4 is 0 Å². The lowest BCUT2D eigenvalue weighted by Crippen LogP contribution is -1.99. The van der Waals surface area contributed by atoms with Gasteiger partial charge in [-0.25, -0.2) is 0 Å². The molecule has 0 spiro atoms. The predicted molar refractivity (Wildman–Crippen MR) is 123 cm³/mol.